The summed E-state index contributed by atoms with van der Waals surface area (Å²) in [6.45, 7) is 0.539. The maximum atomic E-state index is 13.4. The summed E-state index contributed by atoms with van der Waals surface area (Å²) < 4.78 is 13.4. The van der Waals surface area contributed by atoms with E-state index in [0.29, 0.717) is 5.56 Å². The Morgan fingerprint density at radius 1 is 1.16 bits per heavy atom. The number of carbonyl (C=O) groups excluding carboxylic acids is 1. The second-order valence-electron chi connectivity index (χ2n) is 3.97. The van der Waals surface area contributed by atoms with Gasteiger partial charge in [-0.2, -0.15) is 10.5 Å². The van der Waals surface area contributed by atoms with E-state index in [9.17, 15) is 9.18 Å². The molecule has 0 aliphatic heterocycles. The Morgan fingerprint density at radius 2 is 1.74 bits per heavy atom. The zero-order chi connectivity index (χ0) is 14.1. The number of rotatable bonds is 6. The summed E-state index contributed by atoms with van der Waals surface area (Å²) in [5.74, 6) is -0.688. The second-order valence-corrected chi connectivity index (χ2v) is 3.97. The van der Waals surface area contributed by atoms with Crippen LogP contribution < -0.4 is 0 Å². The molecule has 1 aromatic carbocycles. The minimum atomic E-state index is -0.420. The van der Waals surface area contributed by atoms with Gasteiger partial charge in [0.15, 0.2) is 0 Å². The first-order valence-corrected chi connectivity index (χ1v) is 5.94. The lowest BCUT2D eigenvalue weighted by Gasteiger charge is -2.20. The highest BCUT2D eigenvalue weighted by atomic mass is 19.1. The Morgan fingerprint density at radius 3 is 2.26 bits per heavy atom. The standard InChI is InChI=1S/C14H14FN3O/c15-13-6-2-1-5-12(13)11-14(19)18(9-3-7-16)10-4-8-17/h1-2,5-6H,3-4,9-11H2. The maximum absolute atomic E-state index is 13.4. The fourth-order valence-electron chi connectivity index (χ4n) is 1.65. The number of hydrogen-bond acceptors (Lipinski definition) is 3. The van der Waals surface area contributed by atoms with Gasteiger partial charge in [-0.25, -0.2) is 4.39 Å². The number of benzene rings is 1. The highest BCUT2D eigenvalue weighted by Gasteiger charge is 2.15. The molecule has 0 aliphatic carbocycles. The van der Waals surface area contributed by atoms with Gasteiger partial charge in [0.05, 0.1) is 31.4 Å². The molecule has 0 radical (unpaired) electrons. The second kappa shape index (κ2) is 7.84. The third-order valence-corrected chi connectivity index (χ3v) is 2.64. The van der Waals surface area contributed by atoms with Crippen LogP contribution >= 0.6 is 0 Å². The summed E-state index contributed by atoms with van der Waals surface area (Å²) in [6.07, 6.45) is 0.354. The normalized spacial score (nSPS) is 9.42. The van der Waals surface area contributed by atoms with Crippen LogP contribution in [0, 0.1) is 28.5 Å². The van der Waals surface area contributed by atoms with E-state index < -0.39 is 5.82 Å². The van der Waals surface area contributed by atoms with E-state index in [2.05, 4.69) is 0 Å². The lowest BCUT2D eigenvalue weighted by Crippen LogP contribution is -2.34. The number of nitrogens with zero attached hydrogens (tertiary/aromatic N) is 3. The number of hydrogen-bond donors (Lipinski definition) is 0. The van der Waals surface area contributed by atoms with Crippen molar-refractivity contribution in [3.05, 3.63) is 35.6 Å². The van der Waals surface area contributed by atoms with Gasteiger partial charge in [-0.3, -0.25) is 4.79 Å². The van der Waals surface area contributed by atoms with Crippen LogP contribution in [0.5, 0.6) is 0 Å². The third-order valence-electron chi connectivity index (χ3n) is 2.64. The van der Waals surface area contributed by atoms with Gasteiger partial charge in [0, 0.05) is 13.1 Å². The van der Waals surface area contributed by atoms with E-state index in [1.54, 1.807) is 18.2 Å². The zero-order valence-corrected chi connectivity index (χ0v) is 10.5. The summed E-state index contributed by atoms with van der Waals surface area (Å²) in [5, 5.41) is 17.1. The molecular formula is C14H14FN3O. The van der Waals surface area contributed by atoms with Gasteiger partial charge in [0.1, 0.15) is 5.82 Å². The topological polar surface area (TPSA) is 67.9 Å². The molecule has 5 heteroatoms. The number of halogens is 1. The van der Waals surface area contributed by atoms with Crippen LogP contribution in [0.2, 0.25) is 0 Å². The third kappa shape index (κ3) is 4.77. The Bertz CT molecular complexity index is 498. The van der Waals surface area contributed by atoms with Crippen molar-refractivity contribution in [2.24, 2.45) is 0 Å². The lowest BCUT2D eigenvalue weighted by atomic mass is 10.1. The Balaban J connectivity index is 2.69. The van der Waals surface area contributed by atoms with E-state index in [1.165, 1.54) is 11.0 Å². The van der Waals surface area contributed by atoms with E-state index in [4.69, 9.17) is 10.5 Å². The van der Waals surface area contributed by atoms with Crippen LogP contribution in [-0.2, 0) is 11.2 Å². The predicted octanol–water partition coefficient (Wildman–Crippen LogP) is 2.02. The Labute approximate surface area is 111 Å². The smallest absolute Gasteiger partial charge is 0.227 e. The van der Waals surface area contributed by atoms with Crippen molar-refractivity contribution in [1.29, 1.82) is 10.5 Å². The molecule has 0 spiro atoms. The van der Waals surface area contributed by atoms with Crippen LogP contribution in [0.15, 0.2) is 24.3 Å². The van der Waals surface area contributed by atoms with Crippen LogP contribution in [0.3, 0.4) is 0 Å². The highest BCUT2D eigenvalue weighted by molar-refractivity contribution is 5.78. The minimum Gasteiger partial charge on any atom is -0.340 e. The van der Waals surface area contributed by atoms with Gasteiger partial charge in [0.25, 0.3) is 0 Å². The van der Waals surface area contributed by atoms with Crippen LogP contribution in [0.4, 0.5) is 4.39 Å². The van der Waals surface area contributed by atoms with Crippen molar-refractivity contribution in [3.8, 4) is 12.1 Å². The predicted molar refractivity (Wildman–Crippen MR) is 67.1 cm³/mol. The molecular weight excluding hydrogens is 245 g/mol. The monoisotopic (exact) mass is 259 g/mol. The Kier molecular flexibility index (Phi) is 6.05. The van der Waals surface area contributed by atoms with Crippen LogP contribution in [-0.4, -0.2) is 23.9 Å². The molecule has 0 N–H and O–H groups in total. The fourth-order valence-corrected chi connectivity index (χ4v) is 1.65. The van der Waals surface area contributed by atoms with Crippen molar-refractivity contribution >= 4 is 5.91 Å². The molecule has 0 atom stereocenters. The number of amides is 1. The highest BCUT2D eigenvalue weighted by Crippen LogP contribution is 2.09. The molecule has 98 valence electrons. The molecule has 0 heterocycles. The number of nitriles is 2. The molecule has 0 aliphatic rings. The van der Waals surface area contributed by atoms with E-state index >= 15 is 0 Å². The quantitative estimate of drug-likeness (QED) is 0.784. The first-order valence-electron chi connectivity index (χ1n) is 5.94. The molecule has 4 nitrogen and oxygen atoms in total. The lowest BCUT2D eigenvalue weighted by molar-refractivity contribution is -0.130. The molecule has 1 amide bonds. The van der Waals surface area contributed by atoms with Gasteiger partial charge in [-0.15, -0.1) is 0 Å². The van der Waals surface area contributed by atoms with E-state index in [-0.39, 0.29) is 38.3 Å². The molecule has 0 bridgehead atoms. The first-order chi connectivity index (χ1) is 9.19. The zero-order valence-electron chi connectivity index (χ0n) is 10.5. The number of carbonyl (C=O) groups is 1. The van der Waals surface area contributed by atoms with E-state index in [1.807, 2.05) is 12.1 Å². The van der Waals surface area contributed by atoms with Gasteiger partial charge < -0.3 is 4.90 Å². The van der Waals surface area contributed by atoms with Crippen molar-refractivity contribution in [2.75, 3.05) is 13.1 Å². The van der Waals surface area contributed by atoms with Crippen molar-refractivity contribution < 1.29 is 9.18 Å². The minimum absolute atomic E-state index is 0.0521. The molecule has 0 fully saturated rings. The van der Waals surface area contributed by atoms with Gasteiger partial charge in [0.2, 0.25) is 5.91 Å². The molecule has 0 unspecified atom stereocenters. The summed E-state index contributed by atoms with van der Waals surface area (Å²) in [7, 11) is 0. The molecule has 1 rings (SSSR count). The molecule has 1 aromatic rings. The molecule has 0 saturated heterocycles. The van der Waals surface area contributed by atoms with Gasteiger partial charge >= 0.3 is 0 Å². The Hall–Kier alpha value is -2.40. The van der Waals surface area contributed by atoms with Crippen molar-refractivity contribution in [1.82, 2.24) is 4.90 Å². The average molecular weight is 259 g/mol. The van der Waals surface area contributed by atoms with Crippen molar-refractivity contribution in [2.45, 2.75) is 19.3 Å². The summed E-state index contributed by atoms with van der Waals surface area (Å²) in [5.41, 5.74) is 0.325. The van der Waals surface area contributed by atoms with Crippen molar-refractivity contribution in [3.63, 3.8) is 0 Å². The van der Waals surface area contributed by atoms with Crippen LogP contribution in [0.25, 0.3) is 0 Å². The largest absolute Gasteiger partial charge is 0.340 e. The first kappa shape index (κ1) is 14.7. The van der Waals surface area contributed by atoms with Gasteiger partial charge in [-0.05, 0) is 11.6 Å². The summed E-state index contributed by atoms with van der Waals surface area (Å²) in [4.78, 5) is 13.4. The molecule has 0 aromatic heterocycles. The molecule has 19 heavy (non-hydrogen) atoms. The summed E-state index contributed by atoms with van der Waals surface area (Å²) in [6, 6.07) is 10.00. The maximum Gasteiger partial charge on any atom is 0.227 e. The average Bonchev–Trinajstić information content (AvgIpc) is 2.41. The van der Waals surface area contributed by atoms with Gasteiger partial charge in [-0.1, -0.05) is 18.2 Å². The van der Waals surface area contributed by atoms with Crippen LogP contribution in [0.1, 0.15) is 18.4 Å². The SMILES string of the molecule is N#CCCN(CCC#N)C(=O)Cc1ccccc1F. The fraction of sp³-hybridized carbons (Fsp3) is 0.357. The van der Waals surface area contributed by atoms with E-state index in [0.717, 1.165) is 0 Å². The molecule has 0 saturated carbocycles. The summed E-state index contributed by atoms with van der Waals surface area (Å²) >= 11 is 0.